The first kappa shape index (κ1) is 21.8. The zero-order valence-corrected chi connectivity index (χ0v) is 19.6. The van der Waals surface area contributed by atoms with E-state index in [4.69, 9.17) is 23.2 Å². The van der Waals surface area contributed by atoms with Gasteiger partial charge in [-0.05, 0) is 55.8 Å². The Labute approximate surface area is 198 Å². The van der Waals surface area contributed by atoms with Gasteiger partial charge in [-0.1, -0.05) is 47.5 Å². The topological polar surface area (TPSA) is 40.5 Å². The zero-order chi connectivity index (χ0) is 22.1. The van der Waals surface area contributed by atoms with Gasteiger partial charge in [-0.15, -0.1) is 0 Å². The Morgan fingerprint density at radius 2 is 1.81 bits per heavy atom. The Morgan fingerprint density at radius 3 is 2.62 bits per heavy atom. The summed E-state index contributed by atoms with van der Waals surface area (Å²) < 4.78 is 2.32. The van der Waals surface area contributed by atoms with E-state index in [0.29, 0.717) is 13.1 Å². The second-order valence-corrected chi connectivity index (χ2v) is 9.63. The molecule has 2 aliphatic heterocycles. The standard InChI is InChI=1S/C25H28Cl2N4O/c26-19-8-7-18-13-20-16-29(11-12-31(20)23(18)14-19)17-25(32)28-15-24(30-9-3-4-10-30)21-5-1-2-6-22(21)27/h1-2,5-8,13-14,24H,3-4,9-12,15-17H2,(H,28,32). The van der Waals surface area contributed by atoms with Crippen LogP contribution in [0.25, 0.3) is 10.9 Å². The summed E-state index contributed by atoms with van der Waals surface area (Å²) >= 11 is 12.7. The maximum atomic E-state index is 12.8. The van der Waals surface area contributed by atoms with Crippen molar-refractivity contribution in [2.45, 2.75) is 32.0 Å². The van der Waals surface area contributed by atoms with Crippen molar-refractivity contribution < 1.29 is 4.79 Å². The average Bonchev–Trinajstić information content (AvgIpc) is 3.43. The van der Waals surface area contributed by atoms with Crippen LogP contribution in [0.15, 0.2) is 48.5 Å². The van der Waals surface area contributed by atoms with E-state index in [9.17, 15) is 4.79 Å². The number of nitrogens with one attached hydrogen (secondary N) is 1. The third-order valence-electron chi connectivity index (χ3n) is 6.68. The van der Waals surface area contributed by atoms with Gasteiger partial charge in [-0.2, -0.15) is 0 Å². The molecule has 3 heterocycles. The van der Waals surface area contributed by atoms with Gasteiger partial charge in [-0.3, -0.25) is 14.6 Å². The van der Waals surface area contributed by atoms with Crippen molar-refractivity contribution in [3.05, 3.63) is 69.8 Å². The van der Waals surface area contributed by atoms with Gasteiger partial charge >= 0.3 is 0 Å². The molecule has 5 rings (SSSR count). The van der Waals surface area contributed by atoms with Crippen LogP contribution >= 0.6 is 23.2 Å². The van der Waals surface area contributed by atoms with Crippen LogP contribution in [-0.4, -0.2) is 53.0 Å². The van der Waals surface area contributed by atoms with Gasteiger partial charge in [0.2, 0.25) is 5.91 Å². The highest BCUT2D eigenvalue weighted by Gasteiger charge is 2.26. The van der Waals surface area contributed by atoms with Gasteiger partial charge in [0.1, 0.15) is 0 Å². The molecule has 1 amide bonds. The van der Waals surface area contributed by atoms with Crippen molar-refractivity contribution in [1.82, 2.24) is 19.7 Å². The second-order valence-electron chi connectivity index (χ2n) is 8.79. The maximum absolute atomic E-state index is 12.8. The molecule has 0 aliphatic carbocycles. The lowest BCUT2D eigenvalue weighted by Gasteiger charge is -2.30. The van der Waals surface area contributed by atoms with E-state index >= 15 is 0 Å². The smallest absolute Gasteiger partial charge is 0.234 e. The van der Waals surface area contributed by atoms with Gasteiger partial charge in [-0.25, -0.2) is 0 Å². The van der Waals surface area contributed by atoms with Crippen molar-refractivity contribution >= 4 is 40.0 Å². The summed E-state index contributed by atoms with van der Waals surface area (Å²) in [6.45, 7) is 5.55. The van der Waals surface area contributed by atoms with Gasteiger partial charge < -0.3 is 9.88 Å². The molecular weight excluding hydrogens is 443 g/mol. The fourth-order valence-corrected chi connectivity index (χ4v) is 5.50. The number of carbonyl (C=O) groups is 1. The molecule has 1 saturated heterocycles. The van der Waals surface area contributed by atoms with Crippen LogP contribution in [0.5, 0.6) is 0 Å². The molecule has 0 radical (unpaired) electrons. The number of hydrogen-bond donors (Lipinski definition) is 1. The van der Waals surface area contributed by atoms with Crippen molar-refractivity contribution in [2.24, 2.45) is 0 Å². The third-order valence-corrected chi connectivity index (χ3v) is 7.26. The van der Waals surface area contributed by atoms with E-state index < -0.39 is 0 Å². The van der Waals surface area contributed by atoms with Crippen molar-refractivity contribution in [1.29, 1.82) is 0 Å². The Balaban J connectivity index is 1.22. The SMILES string of the molecule is O=C(CN1CCn2c(cc3ccc(Cl)cc32)C1)NCC(c1ccccc1Cl)N1CCCC1. The van der Waals surface area contributed by atoms with E-state index in [-0.39, 0.29) is 11.9 Å². The Kier molecular flexibility index (Phi) is 6.42. The van der Waals surface area contributed by atoms with Crippen molar-refractivity contribution in [3.8, 4) is 0 Å². The first-order valence-electron chi connectivity index (χ1n) is 11.3. The summed E-state index contributed by atoms with van der Waals surface area (Å²) in [7, 11) is 0. The highest BCUT2D eigenvalue weighted by Crippen LogP contribution is 2.30. The minimum absolute atomic E-state index is 0.0638. The lowest BCUT2D eigenvalue weighted by Crippen LogP contribution is -2.43. The highest BCUT2D eigenvalue weighted by molar-refractivity contribution is 6.31. The van der Waals surface area contributed by atoms with Crippen molar-refractivity contribution in [3.63, 3.8) is 0 Å². The predicted octanol–water partition coefficient (Wildman–Crippen LogP) is 4.72. The number of halogens is 2. The van der Waals surface area contributed by atoms with Crippen LogP contribution in [0.4, 0.5) is 0 Å². The first-order chi connectivity index (χ1) is 15.6. The molecule has 1 aromatic heterocycles. The average molecular weight is 471 g/mol. The van der Waals surface area contributed by atoms with E-state index in [1.165, 1.54) is 29.4 Å². The fraction of sp³-hybridized carbons (Fsp3) is 0.400. The molecule has 1 N–H and O–H groups in total. The number of aromatic nitrogens is 1. The molecule has 2 aromatic carbocycles. The number of carbonyl (C=O) groups excluding carboxylic acids is 1. The molecule has 3 aromatic rings. The number of rotatable bonds is 6. The summed E-state index contributed by atoms with van der Waals surface area (Å²) in [5.41, 5.74) is 3.50. The summed E-state index contributed by atoms with van der Waals surface area (Å²) in [6, 6.07) is 16.3. The summed E-state index contributed by atoms with van der Waals surface area (Å²) in [6.07, 6.45) is 2.39. The molecular formula is C25H28Cl2N4O. The van der Waals surface area contributed by atoms with Crippen LogP contribution in [-0.2, 0) is 17.9 Å². The quantitative estimate of drug-likeness (QED) is 0.566. The molecule has 0 spiro atoms. The minimum Gasteiger partial charge on any atom is -0.353 e. The molecule has 32 heavy (non-hydrogen) atoms. The van der Waals surface area contributed by atoms with Gasteiger partial charge in [0, 0.05) is 52.8 Å². The summed E-state index contributed by atoms with van der Waals surface area (Å²) in [5, 5.41) is 5.91. The molecule has 1 fully saturated rings. The third kappa shape index (κ3) is 4.53. The van der Waals surface area contributed by atoms with Crippen LogP contribution in [0.2, 0.25) is 10.0 Å². The molecule has 168 valence electrons. The Morgan fingerprint density at radius 1 is 1.00 bits per heavy atom. The number of likely N-dealkylation sites (tertiary alicyclic amines) is 1. The highest BCUT2D eigenvalue weighted by atomic mass is 35.5. The monoisotopic (exact) mass is 470 g/mol. The van der Waals surface area contributed by atoms with Crippen LogP contribution in [0, 0.1) is 0 Å². The van der Waals surface area contributed by atoms with Crippen LogP contribution in [0.3, 0.4) is 0 Å². The molecule has 7 heteroatoms. The Bertz CT molecular complexity index is 1120. The normalized spacial score (nSPS) is 18.1. The van der Waals surface area contributed by atoms with Gasteiger partial charge in [0.15, 0.2) is 0 Å². The summed E-state index contributed by atoms with van der Waals surface area (Å²) in [5.74, 6) is 0.0638. The number of benzene rings is 2. The number of hydrogen-bond acceptors (Lipinski definition) is 3. The van der Waals surface area contributed by atoms with Crippen LogP contribution in [0.1, 0.15) is 30.1 Å². The van der Waals surface area contributed by atoms with E-state index in [1.54, 1.807) is 0 Å². The van der Waals surface area contributed by atoms with Crippen molar-refractivity contribution in [2.75, 3.05) is 32.7 Å². The number of amides is 1. The lowest BCUT2D eigenvalue weighted by molar-refractivity contribution is -0.122. The second kappa shape index (κ2) is 9.44. The van der Waals surface area contributed by atoms with Gasteiger partial charge in [0.25, 0.3) is 0 Å². The molecule has 1 atom stereocenters. The lowest BCUT2D eigenvalue weighted by atomic mass is 10.1. The predicted molar refractivity (Wildman–Crippen MR) is 130 cm³/mol. The Hall–Kier alpha value is -2.05. The van der Waals surface area contributed by atoms with E-state index in [2.05, 4.69) is 37.9 Å². The first-order valence-corrected chi connectivity index (χ1v) is 12.1. The zero-order valence-electron chi connectivity index (χ0n) is 18.1. The maximum Gasteiger partial charge on any atom is 0.234 e. The number of nitrogens with zero attached hydrogens (tertiary/aromatic N) is 3. The van der Waals surface area contributed by atoms with E-state index in [0.717, 1.165) is 48.3 Å². The number of fused-ring (bicyclic) bond motifs is 3. The van der Waals surface area contributed by atoms with Crippen LogP contribution < -0.4 is 5.32 Å². The summed E-state index contributed by atoms with van der Waals surface area (Å²) in [4.78, 5) is 17.5. The van der Waals surface area contributed by atoms with Gasteiger partial charge in [0.05, 0.1) is 12.6 Å². The van der Waals surface area contributed by atoms with E-state index in [1.807, 2.05) is 30.3 Å². The molecule has 0 bridgehead atoms. The molecule has 0 saturated carbocycles. The molecule has 2 aliphatic rings. The molecule has 1 unspecified atom stereocenters. The fourth-order valence-electron chi connectivity index (χ4n) is 5.07. The largest absolute Gasteiger partial charge is 0.353 e. The molecule has 5 nitrogen and oxygen atoms in total. The minimum atomic E-state index is 0.0638.